The Kier molecular flexibility index (Phi) is 4.16. The summed E-state index contributed by atoms with van der Waals surface area (Å²) in [5.41, 5.74) is 2.06. The standard InChI is InChI=1S/C21H23N3/c1-15-9-5-7-13-18(15)22-21-17-12-6-8-14-19(17)23-20(24-21)16-10-3-2-4-11-16/h2-4,6,8,10-12,14-15,18H,5,7,9,13H2,1H3,(H,22,23,24)/t15-,18-/m0/s1. The van der Waals surface area contributed by atoms with E-state index in [9.17, 15) is 0 Å². The van der Waals surface area contributed by atoms with Crippen LogP contribution in [-0.2, 0) is 0 Å². The van der Waals surface area contributed by atoms with Gasteiger partial charge < -0.3 is 5.32 Å². The molecular weight excluding hydrogens is 294 g/mol. The SMILES string of the molecule is C[C@H]1CCCC[C@@H]1Nc1nc(-c2ccccc2)nc2ccccc12. The van der Waals surface area contributed by atoms with E-state index in [-0.39, 0.29) is 0 Å². The Morgan fingerprint density at radius 3 is 2.46 bits per heavy atom. The first-order valence-electron chi connectivity index (χ1n) is 8.90. The molecule has 1 aliphatic rings. The summed E-state index contributed by atoms with van der Waals surface area (Å²) >= 11 is 0. The van der Waals surface area contributed by atoms with Crippen LogP contribution in [0.3, 0.4) is 0 Å². The quantitative estimate of drug-likeness (QED) is 0.713. The maximum absolute atomic E-state index is 4.88. The number of rotatable bonds is 3. The van der Waals surface area contributed by atoms with E-state index >= 15 is 0 Å². The molecule has 0 bridgehead atoms. The van der Waals surface area contributed by atoms with Crippen molar-refractivity contribution in [1.29, 1.82) is 0 Å². The lowest BCUT2D eigenvalue weighted by atomic mass is 9.86. The third-order valence-electron chi connectivity index (χ3n) is 5.07. The molecule has 1 aromatic heterocycles. The second-order valence-electron chi connectivity index (χ2n) is 6.79. The summed E-state index contributed by atoms with van der Waals surface area (Å²) in [7, 11) is 0. The van der Waals surface area contributed by atoms with Gasteiger partial charge in [0.25, 0.3) is 0 Å². The first-order chi connectivity index (χ1) is 11.8. The van der Waals surface area contributed by atoms with Gasteiger partial charge in [0.15, 0.2) is 5.82 Å². The normalized spacial score (nSPS) is 20.9. The zero-order valence-corrected chi connectivity index (χ0v) is 14.1. The van der Waals surface area contributed by atoms with E-state index in [0.29, 0.717) is 12.0 Å². The van der Waals surface area contributed by atoms with E-state index in [1.165, 1.54) is 25.7 Å². The summed E-state index contributed by atoms with van der Waals surface area (Å²) in [6, 6.07) is 19.0. The molecule has 24 heavy (non-hydrogen) atoms. The lowest BCUT2D eigenvalue weighted by Crippen LogP contribution is -2.30. The molecular formula is C21H23N3. The largest absolute Gasteiger partial charge is 0.366 e. The van der Waals surface area contributed by atoms with Crippen molar-refractivity contribution >= 4 is 16.7 Å². The van der Waals surface area contributed by atoms with Gasteiger partial charge in [-0.2, -0.15) is 0 Å². The van der Waals surface area contributed by atoms with E-state index < -0.39 is 0 Å². The van der Waals surface area contributed by atoms with Crippen molar-refractivity contribution in [1.82, 2.24) is 9.97 Å². The minimum Gasteiger partial charge on any atom is -0.366 e. The highest BCUT2D eigenvalue weighted by molar-refractivity contribution is 5.90. The van der Waals surface area contributed by atoms with Gasteiger partial charge in [-0.15, -0.1) is 0 Å². The van der Waals surface area contributed by atoms with Gasteiger partial charge in [-0.05, 0) is 30.9 Å². The number of aromatic nitrogens is 2. The van der Waals surface area contributed by atoms with Gasteiger partial charge in [-0.25, -0.2) is 9.97 Å². The van der Waals surface area contributed by atoms with Gasteiger partial charge in [0.1, 0.15) is 5.82 Å². The topological polar surface area (TPSA) is 37.8 Å². The van der Waals surface area contributed by atoms with Gasteiger partial charge in [-0.1, -0.05) is 62.2 Å². The van der Waals surface area contributed by atoms with Gasteiger partial charge in [0.2, 0.25) is 0 Å². The van der Waals surface area contributed by atoms with E-state index in [0.717, 1.165) is 28.1 Å². The van der Waals surface area contributed by atoms with Crippen molar-refractivity contribution in [3.05, 3.63) is 54.6 Å². The molecule has 1 fully saturated rings. The van der Waals surface area contributed by atoms with Crippen molar-refractivity contribution in [3.8, 4) is 11.4 Å². The van der Waals surface area contributed by atoms with Crippen LogP contribution in [-0.4, -0.2) is 16.0 Å². The Labute approximate surface area is 143 Å². The van der Waals surface area contributed by atoms with Gasteiger partial charge in [-0.3, -0.25) is 0 Å². The fraction of sp³-hybridized carbons (Fsp3) is 0.333. The summed E-state index contributed by atoms with van der Waals surface area (Å²) in [4.78, 5) is 9.64. The Bertz CT molecular complexity index is 829. The smallest absolute Gasteiger partial charge is 0.162 e. The first kappa shape index (κ1) is 15.1. The number of fused-ring (bicyclic) bond motifs is 1. The van der Waals surface area contributed by atoms with Crippen molar-refractivity contribution < 1.29 is 0 Å². The Balaban J connectivity index is 1.78. The molecule has 3 nitrogen and oxygen atoms in total. The van der Waals surface area contributed by atoms with Gasteiger partial charge in [0.05, 0.1) is 5.52 Å². The third-order valence-corrected chi connectivity index (χ3v) is 5.07. The first-order valence-corrected chi connectivity index (χ1v) is 8.90. The van der Waals surface area contributed by atoms with Gasteiger partial charge in [0, 0.05) is 17.0 Å². The van der Waals surface area contributed by atoms with Crippen LogP contribution in [0.15, 0.2) is 54.6 Å². The van der Waals surface area contributed by atoms with Crippen molar-refractivity contribution in [2.75, 3.05) is 5.32 Å². The average molecular weight is 317 g/mol. The van der Waals surface area contributed by atoms with Gasteiger partial charge >= 0.3 is 0 Å². The second-order valence-corrected chi connectivity index (χ2v) is 6.79. The molecule has 2 atom stereocenters. The molecule has 0 aliphatic heterocycles. The number of benzene rings is 2. The number of anilines is 1. The summed E-state index contributed by atoms with van der Waals surface area (Å²) in [6.07, 6.45) is 5.17. The van der Waals surface area contributed by atoms with Crippen LogP contribution in [0.25, 0.3) is 22.3 Å². The predicted octanol–water partition coefficient (Wildman–Crippen LogP) is 5.29. The average Bonchev–Trinajstić information content (AvgIpc) is 2.64. The minimum absolute atomic E-state index is 0.501. The highest BCUT2D eigenvalue weighted by Crippen LogP contribution is 2.30. The summed E-state index contributed by atoms with van der Waals surface area (Å²) in [5, 5.41) is 4.84. The number of hydrogen-bond acceptors (Lipinski definition) is 3. The van der Waals surface area contributed by atoms with Crippen LogP contribution >= 0.6 is 0 Å². The van der Waals surface area contributed by atoms with Crippen LogP contribution < -0.4 is 5.32 Å². The van der Waals surface area contributed by atoms with E-state index in [2.05, 4.69) is 42.6 Å². The molecule has 4 rings (SSSR count). The maximum atomic E-state index is 4.88. The second kappa shape index (κ2) is 6.60. The fourth-order valence-corrected chi connectivity index (χ4v) is 3.61. The lowest BCUT2D eigenvalue weighted by Gasteiger charge is -2.30. The Hall–Kier alpha value is -2.42. The van der Waals surface area contributed by atoms with Crippen LogP contribution in [0.2, 0.25) is 0 Å². The molecule has 1 heterocycles. The van der Waals surface area contributed by atoms with Crippen LogP contribution in [0.4, 0.5) is 5.82 Å². The molecule has 1 aliphatic carbocycles. The molecule has 2 aromatic carbocycles. The van der Waals surface area contributed by atoms with Crippen molar-refractivity contribution in [3.63, 3.8) is 0 Å². The molecule has 0 radical (unpaired) electrons. The van der Waals surface area contributed by atoms with Crippen molar-refractivity contribution in [2.45, 2.75) is 38.6 Å². The monoisotopic (exact) mass is 317 g/mol. The molecule has 0 amide bonds. The van der Waals surface area contributed by atoms with Crippen LogP contribution in [0.1, 0.15) is 32.6 Å². The number of nitrogens with zero attached hydrogens (tertiary/aromatic N) is 2. The Morgan fingerprint density at radius 2 is 1.62 bits per heavy atom. The summed E-state index contributed by atoms with van der Waals surface area (Å²) in [5.74, 6) is 2.45. The summed E-state index contributed by atoms with van der Waals surface area (Å²) in [6.45, 7) is 2.35. The minimum atomic E-state index is 0.501. The molecule has 1 N–H and O–H groups in total. The summed E-state index contributed by atoms with van der Waals surface area (Å²) < 4.78 is 0. The van der Waals surface area contributed by atoms with E-state index in [1.54, 1.807) is 0 Å². The maximum Gasteiger partial charge on any atom is 0.162 e. The molecule has 0 spiro atoms. The van der Waals surface area contributed by atoms with E-state index in [1.807, 2.05) is 24.3 Å². The number of hydrogen-bond donors (Lipinski definition) is 1. The zero-order chi connectivity index (χ0) is 16.4. The van der Waals surface area contributed by atoms with Crippen LogP contribution in [0, 0.1) is 5.92 Å². The highest BCUT2D eigenvalue weighted by Gasteiger charge is 2.22. The number of para-hydroxylation sites is 1. The molecule has 1 saturated carbocycles. The molecule has 0 unspecified atom stereocenters. The lowest BCUT2D eigenvalue weighted by molar-refractivity contribution is 0.349. The Morgan fingerprint density at radius 1 is 0.875 bits per heavy atom. The van der Waals surface area contributed by atoms with Crippen LogP contribution in [0.5, 0.6) is 0 Å². The predicted molar refractivity (Wildman–Crippen MR) is 100 cm³/mol. The highest BCUT2D eigenvalue weighted by atomic mass is 15.1. The molecule has 0 saturated heterocycles. The number of nitrogens with one attached hydrogen (secondary N) is 1. The molecule has 3 heteroatoms. The van der Waals surface area contributed by atoms with E-state index in [4.69, 9.17) is 9.97 Å². The molecule has 122 valence electrons. The van der Waals surface area contributed by atoms with Crippen molar-refractivity contribution in [2.24, 2.45) is 5.92 Å². The third kappa shape index (κ3) is 2.99. The fourth-order valence-electron chi connectivity index (χ4n) is 3.61. The zero-order valence-electron chi connectivity index (χ0n) is 14.1. The molecule has 3 aromatic rings.